The molecule has 0 spiro atoms. The lowest BCUT2D eigenvalue weighted by atomic mass is 10.0. The highest BCUT2D eigenvalue weighted by molar-refractivity contribution is 7.15. The van der Waals surface area contributed by atoms with Gasteiger partial charge in [-0.1, -0.05) is 12.1 Å². The SMILES string of the molecule is Cc1ccc(C(=O)/C=C/c2c(C)nc3sccn23)cc1C. The molecule has 0 bridgehead atoms. The number of fused-ring (bicyclic) bond motifs is 1. The van der Waals surface area contributed by atoms with Crippen molar-refractivity contribution in [3.63, 3.8) is 0 Å². The van der Waals surface area contributed by atoms with E-state index in [1.165, 1.54) is 5.56 Å². The van der Waals surface area contributed by atoms with Crippen LogP contribution in [0.5, 0.6) is 0 Å². The first kappa shape index (κ1) is 13.8. The molecule has 0 saturated heterocycles. The fourth-order valence-corrected chi connectivity index (χ4v) is 3.02. The van der Waals surface area contributed by atoms with Crippen LogP contribution in [-0.2, 0) is 0 Å². The second-order valence-corrected chi connectivity index (χ2v) is 6.01. The van der Waals surface area contributed by atoms with Crippen LogP contribution in [0.15, 0.2) is 35.9 Å². The summed E-state index contributed by atoms with van der Waals surface area (Å²) in [6.45, 7) is 6.02. The average Bonchev–Trinajstić information content (AvgIpc) is 3.00. The third-order valence-corrected chi connectivity index (χ3v) is 4.42. The Hall–Kier alpha value is -2.20. The number of ketones is 1. The van der Waals surface area contributed by atoms with Gasteiger partial charge in [0.15, 0.2) is 10.7 Å². The zero-order chi connectivity index (χ0) is 15.0. The number of imidazole rings is 1. The van der Waals surface area contributed by atoms with Gasteiger partial charge in [-0.2, -0.15) is 0 Å². The molecule has 21 heavy (non-hydrogen) atoms. The molecule has 0 unspecified atom stereocenters. The van der Waals surface area contributed by atoms with Gasteiger partial charge >= 0.3 is 0 Å². The van der Waals surface area contributed by atoms with E-state index in [9.17, 15) is 4.79 Å². The largest absolute Gasteiger partial charge is 0.291 e. The van der Waals surface area contributed by atoms with Crippen molar-refractivity contribution in [2.24, 2.45) is 0 Å². The topological polar surface area (TPSA) is 34.4 Å². The first-order valence-electron chi connectivity index (χ1n) is 6.78. The molecule has 0 amide bonds. The summed E-state index contributed by atoms with van der Waals surface area (Å²) in [5.41, 5.74) is 4.95. The molecule has 3 rings (SSSR count). The van der Waals surface area contributed by atoms with E-state index < -0.39 is 0 Å². The number of nitrogens with zero attached hydrogens (tertiary/aromatic N) is 2. The minimum Gasteiger partial charge on any atom is -0.291 e. The van der Waals surface area contributed by atoms with Crippen molar-refractivity contribution in [1.29, 1.82) is 0 Å². The van der Waals surface area contributed by atoms with Crippen molar-refractivity contribution in [2.75, 3.05) is 0 Å². The molecule has 0 fully saturated rings. The van der Waals surface area contributed by atoms with Gasteiger partial charge < -0.3 is 0 Å². The molecule has 0 N–H and O–H groups in total. The van der Waals surface area contributed by atoms with Crippen molar-refractivity contribution in [2.45, 2.75) is 20.8 Å². The van der Waals surface area contributed by atoms with Crippen molar-refractivity contribution in [3.05, 3.63) is 63.9 Å². The van der Waals surface area contributed by atoms with Crippen LogP contribution in [0.1, 0.15) is 32.9 Å². The lowest BCUT2D eigenvalue weighted by Gasteiger charge is -2.01. The van der Waals surface area contributed by atoms with E-state index in [2.05, 4.69) is 4.98 Å². The summed E-state index contributed by atoms with van der Waals surface area (Å²) in [5.74, 6) is 0.0164. The Kier molecular flexibility index (Phi) is 3.47. The van der Waals surface area contributed by atoms with Gasteiger partial charge in [0.25, 0.3) is 0 Å². The molecule has 0 aliphatic carbocycles. The minimum atomic E-state index is 0.0164. The quantitative estimate of drug-likeness (QED) is 0.536. The zero-order valence-electron chi connectivity index (χ0n) is 12.3. The smallest absolute Gasteiger partial charge is 0.194 e. The van der Waals surface area contributed by atoms with Crippen molar-refractivity contribution in [3.8, 4) is 0 Å². The monoisotopic (exact) mass is 296 g/mol. The van der Waals surface area contributed by atoms with E-state index >= 15 is 0 Å². The van der Waals surface area contributed by atoms with E-state index in [0.717, 1.165) is 27.5 Å². The number of carbonyl (C=O) groups excluding carboxylic acids is 1. The Bertz CT molecular complexity index is 855. The van der Waals surface area contributed by atoms with Crippen LogP contribution in [0.2, 0.25) is 0 Å². The van der Waals surface area contributed by atoms with E-state index in [1.54, 1.807) is 17.4 Å². The number of aromatic nitrogens is 2. The highest BCUT2D eigenvalue weighted by atomic mass is 32.1. The average molecular weight is 296 g/mol. The summed E-state index contributed by atoms with van der Waals surface area (Å²) in [7, 11) is 0. The summed E-state index contributed by atoms with van der Waals surface area (Å²) in [6, 6.07) is 5.79. The first-order valence-corrected chi connectivity index (χ1v) is 7.66. The molecule has 3 aromatic rings. The molecule has 0 aliphatic heterocycles. The van der Waals surface area contributed by atoms with Gasteiger partial charge in [0.2, 0.25) is 0 Å². The summed E-state index contributed by atoms with van der Waals surface area (Å²) >= 11 is 1.59. The van der Waals surface area contributed by atoms with Gasteiger partial charge in [-0.05, 0) is 50.1 Å². The fourth-order valence-electron chi connectivity index (χ4n) is 2.26. The predicted octanol–water partition coefficient (Wildman–Crippen LogP) is 4.22. The van der Waals surface area contributed by atoms with Crippen LogP contribution in [0.25, 0.3) is 11.0 Å². The van der Waals surface area contributed by atoms with Gasteiger partial charge in [-0.25, -0.2) is 4.98 Å². The Labute approximate surface area is 127 Å². The summed E-state index contributed by atoms with van der Waals surface area (Å²) < 4.78 is 2.00. The fraction of sp³-hybridized carbons (Fsp3) is 0.176. The maximum atomic E-state index is 12.3. The maximum Gasteiger partial charge on any atom is 0.194 e. The van der Waals surface area contributed by atoms with Gasteiger partial charge in [0, 0.05) is 17.1 Å². The highest BCUT2D eigenvalue weighted by Crippen LogP contribution is 2.18. The van der Waals surface area contributed by atoms with Crippen LogP contribution in [0, 0.1) is 20.8 Å². The van der Waals surface area contributed by atoms with E-state index in [1.807, 2.05) is 61.0 Å². The molecule has 0 saturated carbocycles. The Balaban J connectivity index is 1.91. The lowest BCUT2D eigenvalue weighted by molar-refractivity contribution is 0.104. The van der Waals surface area contributed by atoms with Crippen molar-refractivity contribution >= 4 is 28.2 Å². The van der Waals surface area contributed by atoms with E-state index in [-0.39, 0.29) is 5.78 Å². The second-order valence-electron chi connectivity index (χ2n) is 5.13. The zero-order valence-corrected chi connectivity index (χ0v) is 13.1. The highest BCUT2D eigenvalue weighted by Gasteiger charge is 2.08. The lowest BCUT2D eigenvalue weighted by Crippen LogP contribution is -1.96. The molecule has 3 nitrogen and oxygen atoms in total. The summed E-state index contributed by atoms with van der Waals surface area (Å²) in [6.07, 6.45) is 5.44. The van der Waals surface area contributed by atoms with Gasteiger partial charge in [-0.3, -0.25) is 9.20 Å². The third kappa shape index (κ3) is 2.54. The van der Waals surface area contributed by atoms with Crippen LogP contribution < -0.4 is 0 Å². The molecular weight excluding hydrogens is 280 g/mol. The van der Waals surface area contributed by atoms with Crippen LogP contribution in [-0.4, -0.2) is 15.2 Å². The number of hydrogen-bond acceptors (Lipinski definition) is 3. The van der Waals surface area contributed by atoms with Crippen LogP contribution in [0.3, 0.4) is 0 Å². The summed E-state index contributed by atoms with van der Waals surface area (Å²) in [4.78, 5) is 17.7. The van der Waals surface area contributed by atoms with Crippen molar-refractivity contribution in [1.82, 2.24) is 9.38 Å². The summed E-state index contributed by atoms with van der Waals surface area (Å²) in [5, 5.41) is 1.99. The molecule has 0 radical (unpaired) electrons. The standard InChI is InChI=1S/C17H16N2OS/c1-11-4-5-14(10-12(11)2)16(20)7-6-15-13(3)18-17-19(15)8-9-21-17/h4-10H,1-3H3/b7-6+. The molecule has 2 heterocycles. The van der Waals surface area contributed by atoms with Gasteiger partial charge in [-0.15, -0.1) is 11.3 Å². The maximum absolute atomic E-state index is 12.3. The number of aryl methyl sites for hydroxylation is 3. The predicted molar refractivity (Wildman–Crippen MR) is 87.1 cm³/mol. The molecule has 0 atom stereocenters. The number of rotatable bonds is 3. The number of benzene rings is 1. The molecule has 1 aromatic carbocycles. The Morgan fingerprint density at radius 1 is 1.24 bits per heavy atom. The van der Waals surface area contributed by atoms with Crippen LogP contribution in [0.4, 0.5) is 0 Å². The van der Waals surface area contributed by atoms with Crippen molar-refractivity contribution < 1.29 is 4.79 Å². The third-order valence-electron chi connectivity index (χ3n) is 3.67. The minimum absolute atomic E-state index is 0.0164. The van der Waals surface area contributed by atoms with E-state index in [0.29, 0.717) is 0 Å². The molecule has 2 aromatic heterocycles. The number of thiazole rings is 1. The Morgan fingerprint density at radius 3 is 2.81 bits per heavy atom. The van der Waals surface area contributed by atoms with Gasteiger partial charge in [0.1, 0.15) is 0 Å². The molecule has 4 heteroatoms. The number of carbonyl (C=O) groups is 1. The molecular formula is C17H16N2OS. The molecule has 106 valence electrons. The molecule has 0 aliphatic rings. The Morgan fingerprint density at radius 2 is 2.05 bits per heavy atom. The second kappa shape index (κ2) is 5.30. The number of allylic oxidation sites excluding steroid dienone is 1. The number of hydrogen-bond donors (Lipinski definition) is 0. The normalized spacial score (nSPS) is 11.6. The van der Waals surface area contributed by atoms with Crippen LogP contribution >= 0.6 is 11.3 Å². The van der Waals surface area contributed by atoms with E-state index in [4.69, 9.17) is 0 Å². The first-order chi connectivity index (χ1) is 10.1. The van der Waals surface area contributed by atoms with Gasteiger partial charge in [0.05, 0.1) is 11.4 Å².